The summed E-state index contributed by atoms with van der Waals surface area (Å²) in [6, 6.07) is 5.66. The van der Waals surface area contributed by atoms with Crippen molar-refractivity contribution >= 4 is 18.0 Å². The van der Waals surface area contributed by atoms with Crippen molar-refractivity contribution in [2.75, 3.05) is 6.54 Å². The van der Waals surface area contributed by atoms with Gasteiger partial charge in [0.2, 0.25) is 0 Å². The SMILES string of the molecule is CC(=O)c1ccc(C)c(C=CCCNC(=O)OC(C)(C)C)c1. The molecule has 4 heteroatoms. The molecular formula is C18H25NO3. The number of carbonyl (C=O) groups is 2. The average molecular weight is 303 g/mol. The molecule has 0 bridgehead atoms. The van der Waals surface area contributed by atoms with Gasteiger partial charge < -0.3 is 10.1 Å². The molecule has 1 N–H and O–H groups in total. The predicted octanol–water partition coefficient (Wildman–Crippen LogP) is 4.13. The van der Waals surface area contributed by atoms with E-state index in [2.05, 4.69) is 5.32 Å². The quantitative estimate of drug-likeness (QED) is 0.657. The summed E-state index contributed by atoms with van der Waals surface area (Å²) in [6.45, 7) is 9.56. The van der Waals surface area contributed by atoms with Crippen LogP contribution < -0.4 is 5.32 Å². The Morgan fingerprint density at radius 3 is 2.55 bits per heavy atom. The van der Waals surface area contributed by atoms with E-state index in [-0.39, 0.29) is 5.78 Å². The van der Waals surface area contributed by atoms with Crippen LogP contribution in [0.4, 0.5) is 4.79 Å². The van der Waals surface area contributed by atoms with Crippen LogP contribution in [0.1, 0.15) is 55.6 Å². The number of rotatable bonds is 5. The van der Waals surface area contributed by atoms with Gasteiger partial charge in [0.1, 0.15) is 5.60 Å². The second kappa shape index (κ2) is 7.78. The van der Waals surface area contributed by atoms with E-state index in [1.165, 1.54) is 0 Å². The van der Waals surface area contributed by atoms with E-state index in [0.29, 0.717) is 18.5 Å². The maximum Gasteiger partial charge on any atom is 0.407 e. The Morgan fingerprint density at radius 1 is 1.27 bits per heavy atom. The number of hydrogen-bond donors (Lipinski definition) is 1. The van der Waals surface area contributed by atoms with Crippen LogP contribution in [0.25, 0.3) is 6.08 Å². The molecule has 0 aliphatic heterocycles. The van der Waals surface area contributed by atoms with Crippen LogP contribution in [0.2, 0.25) is 0 Å². The number of benzene rings is 1. The van der Waals surface area contributed by atoms with Crippen molar-refractivity contribution in [3.8, 4) is 0 Å². The molecule has 4 nitrogen and oxygen atoms in total. The van der Waals surface area contributed by atoms with Gasteiger partial charge in [0, 0.05) is 12.1 Å². The zero-order valence-corrected chi connectivity index (χ0v) is 14.0. The second-order valence-corrected chi connectivity index (χ2v) is 6.25. The van der Waals surface area contributed by atoms with E-state index in [9.17, 15) is 9.59 Å². The van der Waals surface area contributed by atoms with Gasteiger partial charge in [0.25, 0.3) is 0 Å². The molecule has 22 heavy (non-hydrogen) atoms. The summed E-state index contributed by atoms with van der Waals surface area (Å²) in [6.07, 6.45) is 4.24. The number of aryl methyl sites for hydroxylation is 1. The number of Topliss-reactive ketones (excluding diaryl/α,β-unsaturated/α-hetero) is 1. The van der Waals surface area contributed by atoms with Gasteiger partial charge in [0.05, 0.1) is 0 Å². The lowest BCUT2D eigenvalue weighted by atomic mass is 10.0. The molecule has 120 valence electrons. The van der Waals surface area contributed by atoms with Gasteiger partial charge in [-0.1, -0.05) is 24.3 Å². The van der Waals surface area contributed by atoms with Crippen LogP contribution in [0.5, 0.6) is 0 Å². The minimum Gasteiger partial charge on any atom is -0.444 e. The van der Waals surface area contributed by atoms with Gasteiger partial charge in [-0.2, -0.15) is 0 Å². The Kier molecular flexibility index (Phi) is 6.35. The number of carbonyl (C=O) groups excluding carboxylic acids is 2. The molecule has 1 amide bonds. The first-order valence-electron chi connectivity index (χ1n) is 7.44. The summed E-state index contributed by atoms with van der Waals surface area (Å²) in [5.74, 6) is 0.0567. The Bertz CT molecular complexity index is 568. The van der Waals surface area contributed by atoms with E-state index in [4.69, 9.17) is 4.74 Å². The predicted molar refractivity (Wildman–Crippen MR) is 89.1 cm³/mol. The molecule has 0 heterocycles. The lowest BCUT2D eigenvalue weighted by molar-refractivity contribution is 0.0528. The number of ketones is 1. The van der Waals surface area contributed by atoms with Crippen LogP contribution in [-0.2, 0) is 4.74 Å². The maximum atomic E-state index is 11.5. The fourth-order valence-electron chi connectivity index (χ4n) is 1.82. The largest absolute Gasteiger partial charge is 0.444 e. The van der Waals surface area contributed by atoms with Gasteiger partial charge >= 0.3 is 6.09 Å². The molecule has 0 aliphatic rings. The molecule has 0 spiro atoms. The molecule has 1 aromatic rings. The number of nitrogens with one attached hydrogen (secondary N) is 1. The summed E-state index contributed by atoms with van der Waals surface area (Å²) in [4.78, 5) is 22.9. The monoisotopic (exact) mass is 303 g/mol. The normalized spacial score (nSPS) is 11.5. The van der Waals surface area contributed by atoms with Crippen LogP contribution in [0, 0.1) is 6.92 Å². The molecule has 0 saturated heterocycles. The van der Waals surface area contributed by atoms with Gasteiger partial charge in [-0.25, -0.2) is 4.79 Å². The van der Waals surface area contributed by atoms with E-state index in [1.54, 1.807) is 6.92 Å². The third-order valence-electron chi connectivity index (χ3n) is 2.96. The van der Waals surface area contributed by atoms with E-state index < -0.39 is 11.7 Å². The number of alkyl carbamates (subject to hydrolysis) is 1. The zero-order valence-electron chi connectivity index (χ0n) is 14.0. The van der Waals surface area contributed by atoms with Crippen molar-refractivity contribution in [3.05, 3.63) is 41.0 Å². The highest BCUT2D eigenvalue weighted by Gasteiger charge is 2.15. The van der Waals surface area contributed by atoms with Crippen LogP contribution in [-0.4, -0.2) is 24.0 Å². The van der Waals surface area contributed by atoms with Gasteiger partial charge in [-0.05, 0) is 58.2 Å². The van der Waals surface area contributed by atoms with Gasteiger partial charge in [-0.15, -0.1) is 0 Å². The molecule has 1 rings (SSSR count). The topological polar surface area (TPSA) is 55.4 Å². The summed E-state index contributed by atoms with van der Waals surface area (Å²) in [5.41, 5.74) is 2.35. The number of ether oxygens (including phenoxy) is 1. The van der Waals surface area contributed by atoms with Crippen molar-refractivity contribution in [2.45, 2.75) is 46.6 Å². The molecule has 0 unspecified atom stereocenters. The van der Waals surface area contributed by atoms with Crippen LogP contribution in [0.15, 0.2) is 24.3 Å². The van der Waals surface area contributed by atoms with Crippen molar-refractivity contribution in [3.63, 3.8) is 0 Å². The summed E-state index contributed by atoms with van der Waals surface area (Å²) in [7, 11) is 0. The third-order valence-corrected chi connectivity index (χ3v) is 2.96. The lowest BCUT2D eigenvalue weighted by Gasteiger charge is -2.19. The third kappa shape index (κ3) is 6.57. The number of amides is 1. The Labute approximate surface area is 132 Å². The van der Waals surface area contributed by atoms with Crippen molar-refractivity contribution in [1.29, 1.82) is 0 Å². The Hall–Kier alpha value is -2.10. The molecule has 0 aliphatic carbocycles. The Morgan fingerprint density at radius 2 is 1.95 bits per heavy atom. The smallest absolute Gasteiger partial charge is 0.407 e. The number of hydrogen-bond acceptors (Lipinski definition) is 3. The van der Waals surface area contributed by atoms with Crippen molar-refractivity contribution < 1.29 is 14.3 Å². The highest BCUT2D eigenvalue weighted by atomic mass is 16.6. The zero-order chi connectivity index (χ0) is 16.8. The average Bonchev–Trinajstić information content (AvgIpc) is 2.37. The first kappa shape index (κ1) is 18.0. The standard InChI is InChI=1S/C18H25NO3/c1-13-9-10-16(14(2)20)12-15(13)8-6-7-11-19-17(21)22-18(3,4)5/h6,8-10,12H,7,11H2,1-5H3,(H,19,21). The van der Waals surface area contributed by atoms with E-state index in [1.807, 2.05) is 58.0 Å². The molecular weight excluding hydrogens is 278 g/mol. The van der Waals surface area contributed by atoms with Crippen molar-refractivity contribution in [1.82, 2.24) is 5.32 Å². The minimum atomic E-state index is -0.482. The van der Waals surface area contributed by atoms with Crippen LogP contribution in [0.3, 0.4) is 0 Å². The van der Waals surface area contributed by atoms with Gasteiger partial charge in [-0.3, -0.25) is 4.79 Å². The second-order valence-electron chi connectivity index (χ2n) is 6.25. The Balaban J connectivity index is 2.48. The van der Waals surface area contributed by atoms with E-state index in [0.717, 1.165) is 11.1 Å². The summed E-state index contributed by atoms with van der Waals surface area (Å²) in [5, 5.41) is 2.70. The molecule has 0 radical (unpaired) electrons. The summed E-state index contributed by atoms with van der Waals surface area (Å²) < 4.78 is 5.15. The molecule has 0 atom stereocenters. The first-order chi connectivity index (χ1) is 10.2. The highest BCUT2D eigenvalue weighted by molar-refractivity contribution is 5.94. The highest BCUT2D eigenvalue weighted by Crippen LogP contribution is 2.14. The van der Waals surface area contributed by atoms with Crippen LogP contribution >= 0.6 is 0 Å². The minimum absolute atomic E-state index is 0.0567. The van der Waals surface area contributed by atoms with E-state index >= 15 is 0 Å². The molecule has 0 fully saturated rings. The summed E-state index contributed by atoms with van der Waals surface area (Å²) >= 11 is 0. The fraction of sp³-hybridized carbons (Fsp3) is 0.444. The fourth-order valence-corrected chi connectivity index (χ4v) is 1.82. The maximum absolute atomic E-state index is 11.5. The van der Waals surface area contributed by atoms with Gasteiger partial charge in [0.15, 0.2) is 5.78 Å². The molecule has 1 aromatic carbocycles. The lowest BCUT2D eigenvalue weighted by Crippen LogP contribution is -2.32. The first-order valence-corrected chi connectivity index (χ1v) is 7.44. The molecule has 0 saturated carbocycles. The molecule has 0 aromatic heterocycles. The van der Waals surface area contributed by atoms with Crippen molar-refractivity contribution in [2.24, 2.45) is 0 Å².